The SMILES string of the molecule is Cc1coc2cc3oc(=O)c(CCC(=O)N4CCC(C(=O)O)CC4)c(C)c3cc12. The summed E-state index contributed by atoms with van der Waals surface area (Å²) in [4.78, 5) is 37.8. The van der Waals surface area contributed by atoms with Gasteiger partial charge in [-0.3, -0.25) is 9.59 Å². The van der Waals surface area contributed by atoms with Crippen LogP contribution in [-0.2, 0) is 16.0 Å². The van der Waals surface area contributed by atoms with Crippen LogP contribution in [0.3, 0.4) is 0 Å². The first-order valence-electron chi connectivity index (χ1n) is 9.80. The van der Waals surface area contributed by atoms with Crippen molar-refractivity contribution in [1.82, 2.24) is 4.90 Å². The van der Waals surface area contributed by atoms with E-state index < -0.39 is 11.6 Å². The van der Waals surface area contributed by atoms with E-state index >= 15 is 0 Å². The Morgan fingerprint density at radius 1 is 1.14 bits per heavy atom. The van der Waals surface area contributed by atoms with E-state index in [0.717, 1.165) is 21.9 Å². The lowest BCUT2D eigenvalue weighted by Gasteiger charge is -2.30. The van der Waals surface area contributed by atoms with E-state index in [1.54, 1.807) is 17.2 Å². The lowest BCUT2D eigenvalue weighted by atomic mass is 9.96. The summed E-state index contributed by atoms with van der Waals surface area (Å²) >= 11 is 0. The Morgan fingerprint density at radius 3 is 2.55 bits per heavy atom. The van der Waals surface area contributed by atoms with Crippen molar-refractivity contribution in [2.45, 2.75) is 39.5 Å². The molecule has 1 aromatic carbocycles. The molecule has 1 N–H and O–H groups in total. The van der Waals surface area contributed by atoms with Crippen molar-refractivity contribution in [2.24, 2.45) is 5.92 Å². The van der Waals surface area contributed by atoms with Crippen LogP contribution in [0.1, 0.15) is 36.0 Å². The number of piperidine rings is 1. The number of aliphatic carboxylic acids is 1. The summed E-state index contributed by atoms with van der Waals surface area (Å²) in [5.74, 6) is -1.24. The molecule has 1 saturated heterocycles. The van der Waals surface area contributed by atoms with Crippen LogP contribution in [0.15, 0.2) is 32.0 Å². The van der Waals surface area contributed by atoms with Gasteiger partial charge in [0.1, 0.15) is 11.2 Å². The lowest BCUT2D eigenvalue weighted by molar-refractivity contribution is -0.145. The molecule has 1 aliphatic heterocycles. The molecule has 1 fully saturated rings. The maximum Gasteiger partial charge on any atom is 0.339 e. The molecular formula is C22H23NO6. The highest BCUT2D eigenvalue weighted by Crippen LogP contribution is 2.29. The number of amides is 1. The molecular weight excluding hydrogens is 374 g/mol. The number of rotatable bonds is 4. The Balaban J connectivity index is 1.54. The smallest absolute Gasteiger partial charge is 0.339 e. The van der Waals surface area contributed by atoms with Gasteiger partial charge in [-0.2, -0.15) is 0 Å². The van der Waals surface area contributed by atoms with E-state index in [1.807, 2.05) is 19.9 Å². The minimum Gasteiger partial charge on any atom is -0.481 e. The second-order valence-corrected chi connectivity index (χ2v) is 7.75. The van der Waals surface area contributed by atoms with Crippen LogP contribution in [0.25, 0.3) is 21.9 Å². The Bertz CT molecular complexity index is 1160. The highest BCUT2D eigenvalue weighted by molar-refractivity contribution is 5.96. The zero-order valence-electron chi connectivity index (χ0n) is 16.5. The van der Waals surface area contributed by atoms with Gasteiger partial charge >= 0.3 is 11.6 Å². The number of nitrogens with zero attached hydrogens (tertiary/aromatic N) is 1. The summed E-state index contributed by atoms with van der Waals surface area (Å²) < 4.78 is 11.0. The van der Waals surface area contributed by atoms with Crippen LogP contribution >= 0.6 is 0 Å². The number of fused-ring (bicyclic) bond motifs is 2. The highest BCUT2D eigenvalue weighted by Gasteiger charge is 2.27. The number of benzene rings is 1. The Hall–Kier alpha value is -3.09. The molecule has 0 bridgehead atoms. The molecule has 7 heteroatoms. The van der Waals surface area contributed by atoms with E-state index in [2.05, 4.69) is 0 Å². The monoisotopic (exact) mass is 397 g/mol. The van der Waals surface area contributed by atoms with Crippen molar-refractivity contribution in [3.8, 4) is 0 Å². The lowest BCUT2D eigenvalue weighted by Crippen LogP contribution is -2.40. The maximum atomic E-state index is 12.6. The number of likely N-dealkylation sites (tertiary alicyclic amines) is 1. The predicted molar refractivity (Wildman–Crippen MR) is 107 cm³/mol. The average molecular weight is 397 g/mol. The minimum atomic E-state index is -0.802. The second-order valence-electron chi connectivity index (χ2n) is 7.75. The molecule has 152 valence electrons. The maximum absolute atomic E-state index is 12.6. The van der Waals surface area contributed by atoms with Gasteiger partial charge in [-0.1, -0.05) is 0 Å². The Labute approximate surface area is 166 Å². The first-order chi connectivity index (χ1) is 13.8. The fourth-order valence-electron chi connectivity index (χ4n) is 4.09. The zero-order chi connectivity index (χ0) is 20.7. The quantitative estimate of drug-likeness (QED) is 0.677. The second kappa shape index (κ2) is 7.39. The minimum absolute atomic E-state index is 0.0612. The molecule has 1 aliphatic rings. The summed E-state index contributed by atoms with van der Waals surface area (Å²) in [6.45, 7) is 4.72. The van der Waals surface area contributed by atoms with Crippen LogP contribution in [-0.4, -0.2) is 35.0 Å². The average Bonchev–Trinajstić information content (AvgIpc) is 3.06. The number of carboxylic acid groups (broad SMARTS) is 1. The van der Waals surface area contributed by atoms with Crippen molar-refractivity contribution in [3.05, 3.63) is 45.5 Å². The van der Waals surface area contributed by atoms with E-state index in [4.69, 9.17) is 13.9 Å². The number of carboxylic acids is 1. The number of carbonyl (C=O) groups is 2. The molecule has 0 radical (unpaired) electrons. The third kappa shape index (κ3) is 3.52. The first kappa shape index (κ1) is 19.2. The van der Waals surface area contributed by atoms with Crippen LogP contribution in [0, 0.1) is 19.8 Å². The van der Waals surface area contributed by atoms with Crippen LogP contribution in [0.2, 0.25) is 0 Å². The largest absolute Gasteiger partial charge is 0.481 e. The van der Waals surface area contributed by atoms with Crippen molar-refractivity contribution in [1.29, 1.82) is 0 Å². The number of furan rings is 1. The summed E-state index contributed by atoms with van der Waals surface area (Å²) in [5, 5.41) is 10.9. The summed E-state index contributed by atoms with van der Waals surface area (Å²) in [6.07, 6.45) is 3.10. The zero-order valence-corrected chi connectivity index (χ0v) is 16.5. The molecule has 29 heavy (non-hydrogen) atoms. The molecule has 0 saturated carbocycles. The number of aryl methyl sites for hydroxylation is 2. The van der Waals surface area contributed by atoms with Crippen LogP contribution in [0.5, 0.6) is 0 Å². The van der Waals surface area contributed by atoms with Gasteiger partial charge in [-0.05, 0) is 50.3 Å². The van der Waals surface area contributed by atoms with Gasteiger partial charge in [-0.15, -0.1) is 0 Å². The molecule has 2 aromatic heterocycles. The van der Waals surface area contributed by atoms with E-state index in [1.165, 1.54) is 0 Å². The van der Waals surface area contributed by atoms with Gasteiger partial charge in [0.2, 0.25) is 5.91 Å². The molecule has 7 nitrogen and oxygen atoms in total. The standard InChI is InChI=1S/C22H23NO6/c1-12-11-28-18-10-19-17(9-16(12)18)13(2)15(22(27)29-19)3-4-20(24)23-7-5-14(6-8-23)21(25)26/h9-11,14H,3-8H2,1-2H3,(H,25,26). The van der Waals surface area contributed by atoms with E-state index in [0.29, 0.717) is 49.1 Å². The number of hydrogen-bond acceptors (Lipinski definition) is 5. The number of hydrogen-bond donors (Lipinski definition) is 1. The topological polar surface area (TPSA) is 101 Å². The predicted octanol–water partition coefficient (Wildman–Crippen LogP) is 3.41. The van der Waals surface area contributed by atoms with Gasteiger partial charge in [0.25, 0.3) is 0 Å². The molecule has 3 aromatic rings. The highest BCUT2D eigenvalue weighted by atomic mass is 16.4. The van der Waals surface area contributed by atoms with Gasteiger partial charge in [0, 0.05) is 41.9 Å². The molecule has 4 rings (SSSR count). The summed E-state index contributed by atoms with van der Waals surface area (Å²) in [7, 11) is 0. The van der Waals surface area contributed by atoms with Gasteiger partial charge in [-0.25, -0.2) is 4.79 Å². The van der Waals surface area contributed by atoms with Gasteiger partial charge in [0.05, 0.1) is 12.2 Å². The molecule has 1 amide bonds. The van der Waals surface area contributed by atoms with Crippen LogP contribution < -0.4 is 5.63 Å². The third-order valence-corrected chi connectivity index (χ3v) is 5.96. The molecule has 0 aliphatic carbocycles. The molecule has 0 atom stereocenters. The van der Waals surface area contributed by atoms with E-state index in [-0.39, 0.29) is 18.2 Å². The third-order valence-electron chi connectivity index (χ3n) is 5.96. The van der Waals surface area contributed by atoms with Gasteiger partial charge in [0.15, 0.2) is 0 Å². The Morgan fingerprint density at radius 2 is 1.86 bits per heavy atom. The molecule has 0 unspecified atom stereocenters. The van der Waals surface area contributed by atoms with Crippen molar-refractivity contribution in [2.75, 3.05) is 13.1 Å². The molecule has 3 heterocycles. The fourth-order valence-corrected chi connectivity index (χ4v) is 4.09. The van der Waals surface area contributed by atoms with Crippen molar-refractivity contribution < 1.29 is 23.5 Å². The Kier molecular flexibility index (Phi) is 4.90. The van der Waals surface area contributed by atoms with Crippen molar-refractivity contribution in [3.63, 3.8) is 0 Å². The normalized spacial score (nSPS) is 15.3. The van der Waals surface area contributed by atoms with E-state index in [9.17, 15) is 14.4 Å². The number of carbonyl (C=O) groups excluding carboxylic acids is 1. The summed E-state index contributed by atoms with van der Waals surface area (Å²) in [5.41, 5.74) is 3.04. The van der Waals surface area contributed by atoms with Crippen LogP contribution in [0.4, 0.5) is 0 Å². The first-order valence-corrected chi connectivity index (χ1v) is 9.80. The summed E-state index contributed by atoms with van der Waals surface area (Å²) in [6, 6.07) is 3.69. The van der Waals surface area contributed by atoms with Gasteiger partial charge < -0.3 is 18.8 Å². The fraction of sp³-hybridized carbons (Fsp3) is 0.409. The van der Waals surface area contributed by atoms with Crippen molar-refractivity contribution >= 4 is 33.8 Å². The molecule has 0 spiro atoms.